The van der Waals surface area contributed by atoms with E-state index in [2.05, 4.69) is 5.32 Å². The fourth-order valence-electron chi connectivity index (χ4n) is 2.40. The number of nitro groups is 1. The molecule has 0 spiro atoms. The van der Waals surface area contributed by atoms with Crippen LogP contribution in [0.4, 0.5) is 15.8 Å². The van der Waals surface area contributed by atoms with Crippen LogP contribution in [0.5, 0.6) is 0 Å². The molecule has 3 aromatic rings. The predicted molar refractivity (Wildman–Crippen MR) is 90.0 cm³/mol. The van der Waals surface area contributed by atoms with Gasteiger partial charge in [0.1, 0.15) is 0 Å². The highest BCUT2D eigenvalue weighted by atomic mass is 35.5. The van der Waals surface area contributed by atoms with Gasteiger partial charge in [0.05, 0.1) is 4.92 Å². The summed E-state index contributed by atoms with van der Waals surface area (Å²) < 4.78 is 13.4. The van der Waals surface area contributed by atoms with Crippen LogP contribution in [0.25, 0.3) is 10.8 Å². The van der Waals surface area contributed by atoms with Gasteiger partial charge in [-0.25, -0.2) is 0 Å². The van der Waals surface area contributed by atoms with Crippen molar-refractivity contribution < 1.29 is 14.1 Å². The molecule has 7 heteroatoms. The Morgan fingerprint density at radius 1 is 1.08 bits per heavy atom. The molecule has 0 atom stereocenters. The Bertz CT molecular complexity index is 975. The summed E-state index contributed by atoms with van der Waals surface area (Å²) in [5, 5.41) is 15.2. The van der Waals surface area contributed by atoms with Crippen LogP contribution in [0, 0.1) is 15.9 Å². The van der Waals surface area contributed by atoms with Gasteiger partial charge in [-0.3, -0.25) is 14.9 Å². The topological polar surface area (TPSA) is 72.2 Å². The number of nitrogens with one attached hydrogen (secondary N) is 1. The van der Waals surface area contributed by atoms with E-state index < -0.39 is 22.3 Å². The first-order chi connectivity index (χ1) is 11.5. The van der Waals surface area contributed by atoms with Crippen LogP contribution >= 0.6 is 11.6 Å². The van der Waals surface area contributed by atoms with Gasteiger partial charge in [0.25, 0.3) is 5.91 Å². The highest BCUT2D eigenvalue weighted by Gasteiger charge is 2.17. The minimum Gasteiger partial charge on any atom is -0.322 e. The summed E-state index contributed by atoms with van der Waals surface area (Å²) in [5.74, 6) is -1.43. The normalized spacial score (nSPS) is 10.6. The number of hydrogen-bond donors (Lipinski definition) is 1. The number of carbonyl (C=O) groups is 1. The fourth-order valence-corrected chi connectivity index (χ4v) is 2.64. The predicted octanol–water partition coefficient (Wildman–Crippen LogP) is 4.79. The minimum atomic E-state index is -0.963. The Morgan fingerprint density at radius 3 is 2.54 bits per heavy atom. The second-order valence-corrected chi connectivity index (χ2v) is 5.43. The maximum Gasteiger partial charge on any atom is 0.306 e. The fraction of sp³-hybridized carbons (Fsp3) is 0. The van der Waals surface area contributed by atoms with Gasteiger partial charge in [0.15, 0.2) is 0 Å². The molecule has 0 heterocycles. The van der Waals surface area contributed by atoms with Gasteiger partial charge in [-0.2, -0.15) is 4.39 Å². The van der Waals surface area contributed by atoms with Gasteiger partial charge in [-0.05, 0) is 29.7 Å². The molecular formula is C17H10ClFN2O3. The van der Waals surface area contributed by atoms with E-state index in [0.717, 1.165) is 17.5 Å². The number of anilines is 1. The lowest BCUT2D eigenvalue weighted by molar-refractivity contribution is -0.387. The van der Waals surface area contributed by atoms with Crippen LogP contribution in [-0.2, 0) is 0 Å². The molecule has 0 aliphatic heterocycles. The van der Waals surface area contributed by atoms with Crippen molar-refractivity contribution in [1.29, 1.82) is 0 Å². The van der Waals surface area contributed by atoms with Crippen LogP contribution < -0.4 is 5.32 Å². The molecule has 1 amide bonds. The molecule has 0 aliphatic carbocycles. The van der Waals surface area contributed by atoms with Gasteiger partial charge in [-0.1, -0.05) is 35.9 Å². The molecule has 3 rings (SSSR count). The average molecular weight is 345 g/mol. The maximum atomic E-state index is 13.4. The highest BCUT2D eigenvalue weighted by Crippen LogP contribution is 2.27. The van der Waals surface area contributed by atoms with Crippen LogP contribution in [0.3, 0.4) is 0 Å². The van der Waals surface area contributed by atoms with E-state index in [1.54, 1.807) is 36.4 Å². The van der Waals surface area contributed by atoms with Crippen molar-refractivity contribution in [2.24, 2.45) is 0 Å². The van der Waals surface area contributed by atoms with Crippen molar-refractivity contribution >= 4 is 39.7 Å². The first kappa shape index (κ1) is 15.9. The van der Waals surface area contributed by atoms with Gasteiger partial charge >= 0.3 is 5.69 Å². The highest BCUT2D eigenvalue weighted by molar-refractivity contribution is 6.36. The second-order valence-electron chi connectivity index (χ2n) is 5.02. The summed E-state index contributed by atoms with van der Waals surface area (Å²) in [6.45, 7) is 0. The number of carbonyl (C=O) groups excluding carboxylic acids is 1. The molecule has 0 fully saturated rings. The first-order valence-corrected chi connectivity index (χ1v) is 7.27. The van der Waals surface area contributed by atoms with E-state index in [-0.39, 0.29) is 5.69 Å². The number of nitrogens with zero attached hydrogens (tertiary/aromatic N) is 1. The maximum absolute atomic E-state index is 13.4. The zero-order valence-electron chi connectivity index (χ0n) is 12.1. The zero-order valence-corrected chi connectivity index (χ0v) is 12.9. The largest absolute Gasteiger partial charge is 0.322 e. The van der Waals surface area contributed by atoms with E-state index in [4.69, 9.17) is 11.6 Å². The number of nitro benzene ring substituents is 1. The molecule has 0 unspecified atom stereocenters. The van der Waals surface area contributed by atoms with Crippen LogP contribution in [0.2, 0.25) is 5.02 Å². The number of hydrogen-bond acceptors (Lipinski definition) is 3. The third-order valence-corrected chi connectivity index (χ3v) is 3.84. The Balaban J connectivity index is 1.98. The van der Waals surface area contributed by atoms with Crippen molar-refractivity contribution in [2.45, 2.75) is 0 Å². The molecule has 1 N–H and O–H groups in total. The monoisotopic (exact) mass is 344 g/mol. The lowest BCUT2D eigenvalue weighted by atomic mass is 10.0. The van der Waals surface area contributed by atoms with Crippen LogP contribution in [-0.4, -0.2) is 10.8 Å². The Labute approximate surface area is 140 Å². The quantitative estimate of drug-likeness (QED) is 0.548. The lowest BCUT2D eigenvalue weighted by Gasteiger charge is -2.09. The van der Waals surface area contributed by atoms with E-state index in [0.29, 0.717) is 16.0 Å². The number of rotatable bonds is 3. The second kappa shape index (κ2) is 6.25. The van der Waals surface area contributed by atoms with Gasteiger partial charge in [0.2, 0.25) is 5.82 Å². The molecule has 0 radical (unpaired) electrons. The third kappa shape index (κ3) is 2.91. The van der Waals surface area contributed by atoms with E-state index in [1.165, 1.54) is 6.07 Å². The van der Waals surface area contributed by atoms with Crippen molar-refractivity contribution in [3.8, 4) is 0 Å². The Morgan fingerprint density at radius 2 is 1.79 bits per heavy atom. The molecular weight excluding hydrogens is 335 g/mol. The summed E-state index contributed by atoms with van der Waals surface area (Å²) in [6, 6.07) is 13.5. The molecule has 120 valence electrons. The Hall–Kier alpha value is -2.99. The number of amides is 1. The number of fused-ring (bicyclic) bond motifs is 1. The molecule has 5 nitrogen and oxygen atoms in total. The summed E-state index contributed by atoms with van der Waals surface area (Å²) in [5.41, 5.74) is -0.206. The molecule has 24 heavy (non-hydrogen) atoms. The molecule has 0 saturated heterocycles. The van der Waals surface area contributed by atoms with Gasteiger partial charge < -0.3 is 5.32 Å². The molecule has 0 aliphatic rings. The van der Waals surface area contributed by atoms with Crippen molar-refractivity contribution in [3.05, 3.63) is 81.1 Å². The minimum absolute atomic E-state index is 0.132. The van der Waals surface area contributed by atoms with E-state index in [1.807, 2.05) is 0 Å². The average Bonchev–Trinajstić information content (AvgIpc) is 2.56. The first-order valence-electron chi connectivity index (χ1n) is 6.90. The summed E-state index contributed by atoms with van der Waals surface area (Å²) in [7, 11) is 0. The van der Waals surface area contributed by atoms with E-state index in [9.17, 15) is 19.3 Å². The molecule has 0 aromatic heterocycles. The number of benzene rings is 3. The zero-order chi connectivity index (χ0) is 17.3. The van der Waals surface area contributed by atoms with Crippen molar-refractivity contribution in [1.82, 2.24) is 0 Å². The third-order valence-electron chi connectivity index (χ3n) is 3.51. The lowest BCUT2D eigenvalue weighted by Crippen LogP contribution is -2.12. The van der Waals surface area contributed by atoms with Gasteiger partial charge in [0, 0.05) is 27.7 Å². The van der Waals surface area contributed by atoms with Gasteiger partial charge in [-0.15, -0.1) is 0 Å². The smallest absolute Gasteiger partial charge is 0.306 e. The van der Waals surface area contributed by atoms with Crippen LogP contribution in [0.1, 0.15) is 10.4 Å². The van der Waals surface area contributed by atoms with Crippen molar-refractivity contribution in [3.63, 3.8) is 0 Å². The standard InChI is InChI=1S/C17H10ClFN2O3/c18-14-6-2-3-11-12(14)4-1-5-13(11)17(22)20-10-7-8-15(19)16(9-10)21(23)24/h1-9H,(H,20,22). The van der Waals surface area contributed by atoms with Crippen LogP contribution in [0.15, 0.2) is 54.6 Å². The molecule has 3 aromatic carbocycles. The summed E-state index contributed by atoms with van der Waals surface area (Å²) >= 11 is 6.12. The number of halogens is 2. The SMILES string of the molecule is O=C(Nc1ccc(F)c([N+](=O)[O-])c1)c1cccc2c(Cl)cccc12. The molecule has 0 saturated carbocycles. The summed E-state index contributed by atoms with van der Waals surface area (Å²) in [4.78, 5) is 22.4. The Kier molecular flexibility index (Phi) is 4.14. The summed E-state index contributed by atoms with van der Waals surface area (Å²) in [6.07, 6.45) is 0. The molecule has 0 bridgehead atoms. The van der Waals surface area contributed by atoms with Crippen molar-refractivity contribution in [2.75, 3.05) is 5.32 Å². The van der Waals surface area contributed by atoms with E-state index >= 15 is 0 Å².